The molecule has 1 heterocycles. The van der Waals surface area contributed by atoms with Crippen LogP contribution >= 0.6 is 11.6 Å². The number of amides is 1. The molecule has 1 aliphatic carbocycles. The number of nitrogens with one attached hydrogen (secondary N) is 2. The van der Waals surface area contributed by atoms with E-state index < -0.39 is 0 Å². The molecule has 3 aromatic rings. The fourth-order valence-corrected chi connectivity index (χ4v) is 3.70. The first kappa shape index (κ1) is 16.0. The van der Waals surface area contributed by atoms with Crippen molar-refractivity contribution in [3.05, 3.63) is 58.7 Å². The zero-order valence-corrected chi connectivity index (χ0v) is 14.7. The van der Waals surface area contributed by atoms with Crippen molar-refractivity contribution in [2.24, 2.45) is 5.92 Å². The summed E-state index contributed by atoms with van der Waals surface area (Å²) in [4.78, 5) is 16.1. The minimum Gasteiger partial charge on any atom is -0.497 e. The van der Waals surface area contributed by atoms with Crippen molar-refractivity contribution in [3.63, 3.8) is 0 Å². The summed E-state index contributed by atoms with van der Waals surface area (Å²) in [5, 5.41) is 4.87. The van der Waals surface area contributed by atoms with Crippen molar-refractivity contribution < 1.29 is 9.53 Å². The molecule has 0 aliphatic heterocycles. The van der Waals surface area contributed by atoms with Gasteiger partial charge in [0.1, 0.15) is 5.75 Å². The summed E-state index contributed by atoms with van der Waals surface area (Å²) in [6, 6.07) is 13.3. The number of carbonyl (C=O) groups is 1. The van der Waals surface area contributed by atoms with E-state index in [2.05, 4.69) is 10.3 Å². The van der Waals surface area contributed by atoms with E-state index in [-0.39, 0.29) is 11.8 Å². The minimum atomic E-state index is -0.0346. The van der Waals surface area contributed by atoms with Crippen molar-refractivity contribution in [2.75, 3.05) is 12.4 Å². The maximum atomic E-state index is 12.7. The van der Waals surface area contributed by atoms with Crippen LogP contribution in [0.15, 0.2) is 42.5 Å². The highest BCUT2D eigenvalue weighted by Gasteiger charge is 2.27. The molecule has 0 bridgehead atoms. The predicted molar refractivity (Wildman–Crippen MR) is 100 cm³/mol. The maximum absolute atomic E-state index is 12.7. The molecule has 2 N–H and O–H groups in total. The van der Waals surface area contributed by atoms with Crippen LogP contribution in [0.3, 0.4) is 0 Å². The second kappa shape index (κ2) is 6.45. The Morgan fingerprint density at radius 2 is 2.04 bits per heavy atom. The van der Waals surface area contributed by atoms with Crippen LogP contribution in [0.2, 0.25) is 5.02 Å². The van der Waals surface area contributed by atoms with Gasteiger partial charge in [0.25, 0.3) is 0 Å². The molecule has 4 nitrogen and oxygen atoms in total. The molecule has 0 spiro atoms. The first-order chi connectivity index (χ1) is 12.1. The number of fused-ring (bicyclic) bond motifs is 3. The van der Waals surface area contributed by atoms with Crippen molar-refractivity contribution >= 4 is 34.1 Å². The van der Waals surface area contributed by atoms with Gasteiger partial charge < -0.3 is 15.0 Å². The third kappa shape index (κ3) is 3.10. The van der Waals surface area contributed by atoms with Crippen LogP contribution in [0.4, 0.5) is 5.69 Å². The van der Waals surface area contributed by atoms with Crippen LogP contribution in [0.5, 0.6) is 5.75 Å². The van der Waals surface area contributed by atoms with E-state index >= 15 is 0 Å². The van der Waals surface area contributed by atoms with E-state index in [0.29, 0.717) is 0 Å². The first-order valence-electron chi connectivity index (χ1n) is 8.38. The number of aromatic nitrogens is 1. The van der Waals surface area contributed by atoms with Gasteiger partial charge in [0.05, 0.1) is 7.11 Å². The van der Waals surface area contributed by atoms with E-state index in [0.717, 1.165) is 46.6 Å². The number of rotatable bonds is 3. The summed E-state index contributed by atoms with van der Waals surface area (Å²) in [7, 11) is 1.63. The molecule has 0 fully saturated rings. The number of hydrogen-bond donors (Lipinski definition) is 2. The highest BCUT2D eigenvalue weighted by Crippen LogP contribution is 2.33. The lowest BCUT2D eigenvalue weighted by Gasteiger charge is -2.22. The Morgan fingerprint density at radius 1 is 1.24 bits per heavy atom. The monoisotopic (exact) mass is 354 g/mol. The highest BCUT2D eigenvalue weighted by atomic mass is 35.5. The van der Waals surface area contributed by atoms with Gasteiger partial charge in [-0.1, -0.05) is 11.6 Å². The Kier molecular flexibility index (Phi) is 4.14. The Hall–Kier alpha value is -2.46. The fraction of sp³-hybridized carbons (Fsp3) is 0.250. The van der Waals surface area contributed by atoms with Gasteiger partial charge in [0.2, 0.25) is 5.91 Å². The molecule has 0 radical (unpaired) electrons. The number of aryl methyl sites for hydroxylation is 1. The normalized spacial score (nSPS) is 16.5. The third-order valence-electron chi connectivity index (χ3n) is 4.88. The number of methoxy groups -OCH3 is 1. The molecule has 0 saturated heterocycles. The number of H-pyrrole nitrogens is 1. The molecule has 5 heteroatoms. The number of aromatic amines is 1. The lowest BCUT2D eigenvalue weighted by atomic mass is 9.86. The molecule has 1 unspecified atom stereocenters. The zero-order chi connectivity index (χ0) is 17.4. The lowest BCUT2D eigenvalue weighted by Crippen LogP contribution is -2.28. The average molecular weight is 355 g/mol. The van der Waals surface area contributed by atoms with Gasteiger partial charge in [-0.15, -0.1) is 0 Å². The molecule has 2 aromatic carbocycles. The van der Waals surface area contributed by atoms with Crippen LogP contribution in [-0.2, 0) is 17.6 Å². The summed E-state index contributed by atoms with van der Waals surface area (Å²) < 4.78 is 5.14. The van der Waals surface area contributed by atoms with E-state index in [1.807, 2.05) is 42.5 Å². The van der Waals surface area contributed by atoms with Crippen LogP contribution in [0, 0.1) is 5.92 Å². The second-order valence-corrected chi connectivity index (χ2v) is 6.87. The predicted octanol–water partition coefficient (Wildman–Crippen LogP) is 4.57. The van der Waals surface area contributed by atoms with Crippen LogP contribution in [-0.4, -0.2) is 18.0 Å². The number of halogens is 1. The van der Waals surface area contributed by atoms with Gasteiger partial charge in [0.15, 0.2) is 0 Å². The molecular formula is C20H19ClN2O2. The van der Waals surface area contributed by atoms with Gasteiger partial charge in [-0.2, -0.15) is 0 Å². The van der Waals surface area contributed by atoms with Crippen molar-refractivity contribution in [2.45, 2.75) is 19.3 Å². The fourth-order valence-electron chi connectivity index (χ4n) is 3.53. The Labute approximate surface area is 151 Å². The molecule has 1 amide bonds. The Balaban J connectivity index is 1.53. The highest BCUT2D eigenvalue weighted by molar-refractivity contribution is 6.31. The lowest BCUT2D eigenvalue weighted by molar-refractivity contribution is -0.120. The van der Waals surface area contributed by atoms with Crippen LogP contribution < -0.4 is 10.1 Å². The first-order valence-corrected chi connectivity index (χ1v) is 8.76. The van der Waals surface area contributed by atoms with Gasteiger partial charge >= 0.3 is 0 Å². The maximum Gasteiger partial charge on any atom is 0.227 e. The topological polar surface area (TPSA) is 54.1 Å². The molecule has 1 atom stereocenters. The smallest absolute Gasteiger partial charge is 0.227 e. The number of carbonyl (C=O) groups excluding carboxylic acids is 1. The Morgan fingerprint density at radius 3 is 2.80 bits per heavy atom. The molecule has 4 rings (SSSR count). The van der Waals surface area contributed by atoms with Crippen molar-refractivity contribution in [1.29, 1.82) is 0 Å². The second-order valence-electron chi connectivity index (χ2n) is 6.43. The number of benzene rings is 2. The molecule has 1 aromatic heterocycles. The molecule has 25 heavy (non-hydrogen) atoms. The number of anilines is 1. The van der Waals surface area contributed by atoms with Crippen LogP contribution in [0.1, 0.15) is 17.7 Å². The summed E-state index contributed by atoms with van der Waals surface area (Å²) >= 11 is 6.15. The molecule has 128 valence electrons. The van der Waals surface area contributed by atoms with Gasteiger partial charge in [-0.25, -0.2) is 0 Å². The van der Waals surface area contributed by atoms with Gasteiger partial charge in [0, 0.05) is 33.2 Å². The standard InChI is InChI=1S/C20H19ClN2O2/c1-25-15-6-4-14(5-7-15)22-20(24)12-2-8-18-16(10-12)17-11-13(21)3-9-19(17)23-18/h3-7,9,11-12,23H,2,8,10H2,1H3,(H,22,24). The quantitative estimate of drug-likeness (QED) is 0.723. The van der Waals surface area contributed by atoms with Gasteiger partial charge in [-0.3, -0.25) is 4.79 Å². The molecule has 0 saturated carbocycles. The van der Waals surface area contributed by atoms with E-state index in [9.17, 15) is 4.79 Å². The van der Waals surface area contributed by atoms with E-state index in [1.165, 1.54) is 11.3 Å². The van der Waals surface area contributed by atoms with Crippen LogP contribution in [0.25, 0.3) is 10.9 Å². The van der Waals surface area contributed by atoms with Crippen molar-refractivity contribution in [3.8, 4) is 5.75 Å². The van der Waals surface area contributed by atoms with E-state index in [4.69, 9.17) is 16.3 Å². The SMILES string of the molecule is COc1ccc(NC(=O)C2CCc3[nH]c4ccc(Cl)cc4c3C2)cc1. The summed E-state index contributed by atoms with van der Waals surface area (Å²) in [5.74, 6) is 0.802. The Bertz CT molecular complexity index is 931. The number of ether oxygens (including phenoxy) is 1. The summed E-state index contributed by atoms with van der Waals surface area (Å²) in [6.45, 7) is 0. The zero-order valence-electron chi connectivity index (χ0n) is 13.9. The molecular weight excluding hydrogens is 336 g/mol. The van der Waals surface area contributed by atoms with Crippen molar-refractivity contribution in [1.82, 2.24) is 4.98 Å². The largest absolute Gasteiger partial charge is 0.497 e. The average Bonchev–Trinajstić information content (AvgIpc) is 2.99. The van der Waals surface area contributed by atoms with Gasteiger partial charge in [-0.05, 0) is 67.3 Å². The number of hydrogen-bond acceptors (Lipinski definition) is 2. The van der Waals surface area contributed by atoms with E-state index in [1.54, 1.807) is 7.11 Å². The molecule has 1 aliphatic rings. The third-order valence-corrected chi connectivity index (χ3v) is 5.11. The summed E-state index contributed by atoms with van der Waals surface area (Å²) in [6.07, 6.45) is 2.45. The minimum absolute atomic E-state index is 0.0346. The summed E-state index contributed by atoms with van der Waals surface area (Å²) in [5.41, 5.74) is 4.33.